The van der Waals surface area contributed by atoms with Gasteiger partial charge in [0.1, 0.15) is 5.01 Å². The number of hydrogen-bond donors (Lipinski definition) is 1. The monoisotopic (exact) mass is 467 g/mol. The van der Waals surface area contributed by atoms with Crippen LogP contribution in [0.4, 0.5) is 10.8 Å². The SMILES string of the molecule is Cc1nnc(N2CCN(CCCC(=O)N3CCC(Nc4ccc(C#N)c(C)c4)CC3)CC2)s1. The van der Waals surface area contributed by atoms with E-state index < -0.39 is 0 Å². The van der Waals surface area contributed by atoms with Gasteiger partial charge in [0.2, 0.25) is 11.0 Å². The summed E-state index contributed by atoms with van der Waals surface area (Å²) in [4.78, 5) is 19.5. The van der Waals surface area contributed by atoms with Crippen molar-refractivity contribution in [1.29, 1.82) is 5.26 Å². The third-order valence-electron chi connectivity index (χ3n) is 6.59. The van der Waals surface area contributed by atoms with Crippen LogP contribution in [0.15, 0.2) is 18.2 Å². The van der Waals surface area contributed by atoms with Crippen molar-refractivity contribution in [3.8, 4) is 6.07 Å². The Morgan fingerprint density at radius 1 is 1.15 bits per heavy atom. The molecule has 9 heteroatoms. The molecular formula is C24H33N7OS. The Morgan fingerprint density at radius 2 is 1.91 bits per heavy atom. The van der Waals surface area contributed by atoms with Crippen molar-refractivity contribution in [1.82, 2.24) is 20.0 Å². The lowest BCUT2D eigenvalue weighted by Crippen LogP contribution is -2.47. The number of carbonyl (C=O) groups excluding carboxylic acids is 1. The van der Waals surface area contributed by atoms with Crippen LogP contribution in [0, 0.1) is 25.2 Å². The van der Waals surface area contributed by atoms with E-state index in [4.69, 9.17) is 5.26 Å². The number of likely N-dealkylation sites (tertiary alicyclic amines) is 1. The molecule has 176 valence electrons. The number of anilines is 2. The molecule has 4 rings (SSSR count). The van der Waals surface area contributed by atoms with E-state index in [0.717, 1.165) is 92.0 Å². The molecule has 2 aromatic rings. The predicted molar refractivity (Wildman–Crippen MR) is 132 cm³/mol. The number of nitriles is 1. The maximum absolute atomic E-state index is 12.7. The van der Waals surface area contributed by atoms with E-state index in [1.165, 1.54) is 0 Å². The predicted octanol–water partition coefficient (Wildman–Crippen LogP) is 3.03. The van der Waals surface area contributed by atoms with E-state index >= 15 is 0 Å². The van der Waals surface area contributed by atoms with Crippen LogP contribution in [-0.4, -0.2) is 77.8 Å². The molecule has 0 aliphatic carbocycles. The van der Waals surface area contributed by atoms with Crippen molar-refractivity contribution >= 4 is 28.1 Å². The van der Waals surface area contributed by atoms with E-state index in [-0.39, 0.29) is 5.91 Å². The number of carbonyl (C=O) groups is 1. The molecule has 2 saturated heterocycles. The maximum Gasteiger partial charge on any atom is 0.222 e. The summed E-state index contributed by atoms with van der Waals surface area (Å²) in [5.74, 6) is 0.283. The van der Waals surface area contributed by atoms with Crippen molar-refractivity contribution in [3.63, 3.8) is 0 Å². The molecule has 1 aromatic heterocycles. The lowest BCUT2D eigenvalue weighted by Gasteiger charge is -2.35. The highest BCUT2D eigenvalue weighted by atomic mass is 32.1. The number of piperidine rings is 1. The molecule has 3 heterocycles. The summed E-state index contributed by atoms with van der Waals surface area (Å²) in [6.07, 6.45) is 3.46. The summed E-state index contributed by atoms with van der Waals surface area (Å²) in [5, 5.41) is 23.1. The molecule has 1 aromatic carbocycles. The molecule has 2 fully saturated rings. The van der Waals surface area contributed by atoms with Crippen molar-refractivity contribution in [3.05, 3.63) is 34.3 Å². The molecule has 0 saturated carbocycles. The van der Waals surface area contributed by atoms with Gasteiger partial charge in [0.05, 0.1) is 11.6 Å². The molecule has 0 atom stereocenters. The molecule has 33 heavy (non-hydrogen) atoms. The summed E-state index contributed by atoms with van der Waals surface area (Å²) in [6.45, 7) is 10.5. The smallest absolute Gasteiger partial charge is 0.222 e. The summed E-state index contributed by atoms with van der Waals surface area (Å²) in [7, 11) is 0. The third-order valence-corrected chi connectivity index (χ3v) is 7.49. The number of aryl methyl sites for hydroxylation is 2. The minimum atomic E-state index is 0.283. The highest BCUT2D eigenvalue weighted by molar-refractivity contribution is 7.15. The van der Waals surface area contributed by atoms with Crippen LogP contribution in [-0.2, 0) is 4.79 Å². The Hall–Kier alpha value is -2.70. The first kappa shape index (κ1) is 23.5. The van der Waals surface area contributed by atoms with Crippen LogP contribution in [0.2, 0.25) is 0 Å². The van der Waals surface area contributed by atoms with E-state index in [0.29, 0.717) is 12.5 Å². The van der Waals surface area contributed by atoms with Gasteiger partial charge in [-0.3, -0.25) is 9.69 Å². The second-order valence-electron chi connectivity index (χ2n) is 8.98. The second-order valence-corrected chi connectivity index (χ2v) is 10.1. The van der Waals surface area contributed by atoms with Crippen molar-refractivity contribution < 1.29 is 4.79 Å². The zero-order chi connectivity index (χ0) is 23.2. The molecule has 0 bridgehead atoms. The number of amides is 1. The van der Waals surface area contributed by atoms with Crippen LogP contribution in [0.3, 0.4) is 0 Å². The molecule has 1 amide bonds. The van der Waals surface area contributed by atoms with E-state index in [1.54, 1.807) is 11.3 Å². The van der Waals surface area contributed by atoms with Gasteiger partial charge in [-0.2, -0.15) is 5.26 Å². The average Bonchev–Trinajstić information content (AvgIpc) is 3.26. The van der Waals surface area contributed by atoms with Crippen LogP contribution in [0.5, 0.6) is 0 Å². The van der Waals surface area contributed by atoms with Crippen LogP contribution >= 0.6 is 11.3 Å². The number of benzene rings is 1. The fourth-order valence-electron chi connectivity index (χ4n) is 4.58. The zero-order valence-corrected chi connectivity index (χ0v) is 20.4. The van der Waals surface area contributed by atoms with Gasteiger partial charge in [0, 0.05) is 57.4 Å². The first-order chi connectivity index (χ1) is 16.0. The lowest BCUT2D eigenvalue weighted by atomic mass is 10.0. The highest BCUT2D eigenvalue weighted by Gasteiger charge is 2.23. The van der Waals surface area contributed by atoms with Crippen LogP contribution < -0.4 is 10.2 Å². The highest BCUT2D eigenvalue weighted by Crippen LogP contribution is 2.22. The van der Waals surface area contributed by atoms with E-state index in [9.17, 15) is 4.79 Å². The first-order valence-electron chi connectivity index (χ1n) is 11.8. The Labute approximate surface area is 200 Å². The summed E-state index contributed by atoms with van der Waals surface area (Å²) >= 11 is 1.65. The van der Waals surface area contributed by atoms with Gasteiger partial charge >= 0.3 is 0 Å². The number of nitrogens with one attached hydrogen (secondary N) is 1. The summed E-state index contributed by atoms with van der Waals surface area (Å²) < 4.78 is 0. The van der Waals surface area contributed by atoms with Gasteiger partial charge in [-0.15, -0.1) is 10.2 Å². The molecule has 2 aliphatic rings. The van der Waals surface area contributed by atoms with Crippen LogP contribution in [0.25, 0.3) is 0 Å². The minimum Gasteiger partial charge on any atom is -0.382 e. The number of nitrogens with zero attached hydrogens (tertiary/aromatic N) is 6. The number of rotatable bonds is 7. The average molecular weight is 468 g/mol. The Bertz CT molecular complexity index is 985. The lowest BCUT2D eigenvalue weighted by molar-refractivity contribution is -0.132. The van der Waals surface area contributed by atoms with Gasteiger partial charge in [0.15, 0.2) is 0 Å². The van der Waals surface area contributed by atoms with Gasteiger partial charge in [0.25, 0.3) is 0 Å². The summed E-state index contributed by atoms with van der Waals surface area (Å²) in [6, 6.07) is 8.45. The van der Waals surface area contributed by atoms with Gasteiger partial charge in [-0.05, 0) is 63.4 Å². The number of hydrogen-bond acceptors (Lipinski definition) is 8. The second kappa shape index (κ2) is 10.9. The van der Waals surface area contributed by atoms with Crippen molar-refractivity contribution in [2.45, 2.75) is 45.6 Å². The van der Waals surface area contributed by atoms with Gasteiger partial charge in [-0.25, -0.2) is 0 Å². The fourth-order valence-corrected chi connectivity index (χ4v) is 5.32. The third kappa shape index (κ3) is 6.21. The number of aromatic nitrogens is 2. The normalized spacial score (nSPS) is 17.7. The maximum atomic E-state index is 12.7. The minimum absolute atomic E-state index is 0.283. The Kier molecular flexibility index (Phi) is 7.78. The zero-order valence-electron chi connectivity index (χ0n) is 19.6. The van der Waals surface area contributed by atoms with Gasteiger partial charge < -0.3 is 15.1 Å². The van der Waals surface area contributed by atoms with Crippen LogP contribution in [0.1, 0.15) is 41.8 Å². The molecule has 0 spiro atoms. The number of piperazine rings is 1. The van der Waals surface area contributed by atoms with E-state index in [2.05, 4.69) is 31.4 Å². The van der Waals surface area contributed by atoms with E-state index in [1.807, 2.05) is 36.9 Å². The molecule has 2 aliphatic heterocycles. The topological polar surface area (TPSA) is 88.4 Å². The molecule has 0 radical (unpaired) electrons. The first-order valence-corrected chi connectivity index (χ1v) is 12.7. The van der Waals surface area contributed by atoms with Crippen molar-refractivity contribution in [2.75, 3.05) is 56.0 Å². The van der Waals surface area contributed by atoms with Gasteiger partial charge in [-0.1, -0.05) is 11.3 Å². The molecule has 8 nitrogen and oxygen atoms in total. The Morgan fingerprint density at radius 3 is 2.55 bits per heavy atom. The van der Waals surface area contributed by atoms with Crippen molar-refractivity contribution in [2.24, 2.45) is 0 Å². The molecule has 0 unspecified atom stereocenters. The fraction of sp³-hybridized carbons (Fsp3) is 0.583. The standard InChI is InChI=1S/C24H33N7OS/c1-18-16-22(6-5-20(18)17-25)26-21-7-10-30(11-8-21)23(32)4-3-9-29-12-14-31(15-13-29)24-28-27-19(2)33-24/h5-6,16,21,26H,3-4,7-15H2,1-2H3. The molecule has 1 N–H and O–H groups in total. The Balaban J connectivity index is 1.12. The quantitative estimate of drug-likeness (QED) is 0.670. The summed E-state index contributed by atoms with van der Waals surface area (Å²) in [5.41, 5.74) is 2.76. The largest absolute Gasteiger partial charge is 0.382 e. The molecular weight excluding hydrogens is 434 g/mol.